The lowest BCUT2D eigenvalue weighted by Crippen LogP contribution is -2.35. The highest BCUT2D eigenvalue weighted by Gasteiger charge is 2.43. The van der Waals surface area contributed by atoms with Crippen molar-refractivity contribution in [2.75, 3.05) is 5.32 Å². The van der Waals surface area contributed by atoms with Crippen LogP contribution in [0.3, 0.4) is 0 Å². The Morgan fingerprint density at radius 1 is 1.12 bits per heavy atom. The summed E-state index contributed by atoms with van der Waals surface area (Å²) < 4.78 is 0. The molecule has 0 saturated carbocycles. The van der Waals surface area contributed by atoms with Crippen molar-refractivity contribution in [2.24, 2.45) is 5.41 Å². The van der Waals surface area contributed by atoms with Crippen molar-refractivity contribution in [3.63, 3.8) is 0 Å². The Morgan fingerprint density at radius 2 is 1.92 bits per heavy atom. The molecule has 2 aromatic heterocycles. The number of para-hydroxylation sites is 2. The Labute approximate surface area is 148 Å². The topological polar surface area (TPSA) is 106 Å². The first-order valence-electron chi connectivity index (χ1n) is 8.71. The number of rotatable bonds is 1. The van der Waals surface area contributed by atoms with Crippen molar-refractivity contribution in [3.8, 4) is 0 Å². The largest absolute Gasteiger partial charge is 0.343 e. The van der Waals surface area contributed by atoms with Crippen LogP contribution in [0.5, 0.6) is 0 Å². The Bertz CT molecular complexity index is 1110. The van der Waals surface area contributed by atoms with Gasteiger partial charge in [-0.25, -0.2) is 4.98 Å². The predicted octanol–water partition coefficient (Wildman–Crippen LogP) is 2.78. The van der Waals surface area contributed by atoms with E-state index in [1.165, 1.54) is 0 Å². The number of ketones is 1. The van der Waals surface area contributed by atoms with Crippen LogP contribution in [0.25, 0.3) is 11.0 Å². The summed E-state index contributed by atoms with van der Waals surface area (Å²) in [6.07, 6.45) is 1.21. The Kier molecular flexibility index (Phi) is 2.90. The van der Waals surface area contributed by atoms with Crippen molar-refractivity contribution < 1.29 is 4.79 Å². The number of imidazole rings is 1. The van der Waals surface area contributed by atoms with Crippen molar-refractivity contribution >= 4 is 22.6 Å². The number of Topliss-reactive ketones (excluding diaryl/α,β-unsaturated/α-hetero) is 1. The van der Waals surface area contributed by atoms with Gasteiger partial charge in [-0.15, -0.1) is 0 Å². The third kappa shape index (κ3) is 2.09. The first-order valence-corrected chi connectivity index (χ1v) is 8.71. The number of anilines is 1. The maximum atomic E-state index is 13.0. The highest BCUT2D eigenvalue weighted by molar-refractivity contribution is 6.01. The molecule has 3 heterocycles. The molecule has 0 unspecified atom stereocenters. The summed E-state index contributed by atoms with van der Waals surface area (Å²) in [7, 11) is 0. The molecule has 1 atom stereocenters. The van der Waals surface area contributed by atoms with E-state index >= 15 is 0 Å². The molecule has 0 bridgehead atoms. The quantitative estimate of drug-likeness (QED) is 0.542. The fourth-order valence-electron chi connectivity index (χ4n) is 4.20. The lowest BCUT2D eigenvalue weighted by molar-refractivity contribution is -0.118. The van der Waals surface area contributed by atoms with E-state index in [1.807, 2.05) is 24.3 Å². The number of nitrogens with one attached hydrogen (secondary N) is 4. The van der Waals surface area contributed by atoms with Gasteiger partial charge in [-0.3, -0.25) is 19.8 Å². The number of benzene rings is 1. The second-order valence-corrected chi connectivity index (χ2v) is 7.90. The number of nitrogens with zero attached hydrogens (tertiary/aromatic N) is 1. The molecule has 1 aromatic carbocycles. The molecule has 0 radical (unpaired) electrons. The fourth-order valence-corrected chi connectivity index (χ4v) is 4.20. The minimum absolute atomic E-state index is 0.0699. The fraction of sp³-hybridized carbons (Fsp3) is 0.316. The third-order valence-electron chi connectivity index (χ3n) is 5.27. The molecule has 7 nitrogen and oxygen atoms in total. The minimum atomic E-state index is -0.493. The number of H-pyrrole nitrogens is 3. The van der Waals surface area contributed by atoms with E-state index in [9.17, 15) is 9.59 Å². The average Bonchev–Trinajstić information content (AvgIpc) is 3.15. The van der Waals surface area contributed by atoms with Crippen LogP contribution in [-0.4, -0.2) is 25.9 Å². The van der Waals surface area contributed by atoms with E-state index in [1.54, 1.807) is 0 Å². The number of hydrogen-bond donors (Lipinski definition) is 4. The van der Waals surface area contributed by atoms with Gasteiger partial charge >= 0.3 is 0 Å². The van der Waals surface area contributed by atoms with Gasteiger partial charge in [0.2, 0.25) is 0 Å². The molecule has 7 heteroatoms. The maximum absolute atomic E-state index is 13.0. The number of aromatic amines is 3. The second kappa shape index (κ2) is 4.97. The van der Waals surface area contributed by atoms with Gasteiger partial charge in [-0.2, -0.15) is 0 Å². The van der Waals surface area contributed by atoms with Crippen LogP contribution in [0.1, 0.15) is 44.0 Å². The minimum Gasteiger partial charge on any atom is -0.343 e. The molecular formula is C19H19N5O2. The molecule has 132 valence electrons. The van der Waals surface area contributed by atoms with Crippen LogP contribution in [0.2, 0.25) is 0 Å². The molecule has 26 heavy (non-hydrogen) atoms. The molecular weight excluding hydrogens is 330 g/mol. The molecule has 4 N–H and O–H groups in total. The normalized spacial score (nSPS) is 21.5. The predicted molar refractivity (Wildman–Crippen MR) is 98.0 cm³/mol. The second-order valence-electron chi connectivity index (χ2n) is 7.90. The number of hydrogen-bond acceptors (Lipinski definition) is 4. The van der Waals surface area contributed by atoms with Crippen LogP contribution >= 0.6 is 0 Å². The van der Waals surface area contributed by atoms with Gasteiger partial charge < -0.3 is 10.3 Å². The van der Waals surface area contributed by atoms with E-state index in [0.717, 1.165) is 23.2 Å². The Balaban J connectivity index is 1.77. The van der Waals surface area contributed by atoms with E-state index in [0.29, 0.717) is 29.2 Å². The van der Waals surface area contributed by atoms with Crippen LogP contribution in [0.4, 0.5) is 5.82 Å². The smallest absolute Gasteiger partial charge is 0.270 e. The SMILES string of the molecule is CC1(C)CC(=O)C2=C(C1)Nc1[nH][nH]c(=O)c1[C@@H]2c1nc2ccccc2[nH]1. The molecule has 3 aromatic rings. The molecule has 0 fully saturated rings. The molecule has 1 aliphatic carbocycles. The van der Waals surface area contributed by atoms with Gasteiger partial charge in [0.15, 0.2) is 5.78 Å². The monoisotopic (exact) mass is 349 g/mol. The number of aromatic nitrogens is 4. The van der Waals surface area contributed by atoms with Gasteiger partial charge in [-0.1, -0.05) is 26.0 Å². The summed E-state index contributed by atoms with van der Waals surface area (Å²) in [6, 6.07) is 7.71. The molecule has 5 rings (SSSR count). The van der Waals surface area contributed by atoms with Crippen LogP contribution in [-0.2, 0) is 4.79 Å². The van der Waals surface area contributed by atoms with Crippen molar-refractivity contribution in [1.82, 2.24) is 20.2 Å². The zero-order chi connectivity index (χ0) is 18.1. The maximum Gasteiger partial charge on any atom is 0.270 e. The van der Waals surface area contributed by atoms with E-state index in [2.05, 4.69) is 39.3 Å². The summed E-state index contributed by atoms with van der Waals surface area (Å²) in [5.74, 6) is 0.817. The van der Waals surface area contributed by atoms with Gasteiger partial charge in [0.25, 0.3) is 5.56 Å². The first kappa shape index (κ1) is 15.2. The molecule has 1 aliphatic heterocycles. The van der Waals surface area contributed by atoms with Crippen molar-refractivity contribution in [3.05, 3.63) is 57.3 Å². The highest BCUT2D eigenvalue weighted by atomic mass is 16.1. The van der Waals surface area contributed by atoms with Crippen LogP contribution in [0, 0.1) is 5.41 Å². The Hall–Kier alpha value is -3.09. The molecule has 2 aliphatic rings. The van der Waals surface area contributed by atoms with E-state index < -0.39 is 5.92 Å². The van der Waals surface area contributed by atoms with Gasteiger partial charge in [0, 0.05) is 17.7 Å². The summed E-state index contributed by atoms with van der Waals surface area (Å²) in [5, 5.41) is 8.80. The molecule has 0 saturated heterocycles. The van der Waals surface area contributed by atoms with E-state index in [-0.39, 0.29) is 16.8 Å². The number of fused-ring (bicyclic) bond motifs is 2. The zero-order valence-corrected chi connectivity index (χ0v) is 14.6. The number of carbonyl (C=O) groups is 1. The highest BCUT2D eigenvalue weighted by Crippen LogP contribution is 2.47. The van der Waals surface area contributed by atoms with Crippen LogP contribution < -0.4 is 10.9 Å². The number of allylic oxidation sites excluding steroid dienone is 2. The van der Waals surface area contributed by atoms with Gasteiger partial charge in [-0.05, 0) is 24.0 Å². The first-order chi connectivity index (χ1) is 12.4. The summed E-state index contributed by atoms with van der Waals surface area (Å²) in [6.45, 7) is 4.17. The summed E-state index contributed by atoms with van der Waals surface area (Å²) >= 11 is 0. The molecule has 0 spiro atoms. The Morgan fingerprint density at radius 3 is 2.73 bits per heavy atom. The van der Waals surface area contributed by atoms with Crippen molar-refractivity contribution in [2.45, 2.75) is 32.6 Å². The lowest BCUT2D eigenvalue weighted by atomic mass is 9.70. The van der Waals surface area contributed by atoms with Crippen molar-refractivity contribution in [1.29, 1.82) is 0 Å². The number of carbonyl (C=O) groups excluding carboxylic acids is 1. The standard InChI is InChI=1S/C19H19N5O2/c1-19(2)7-11-13(12(25)8-19)14(15-17(22-11)23-24-18(15)26)16-20-9-5-3-4-6-10(9)21-16/h3-6,14H,7-8H2,1-2H3,(H,20,21)(H3,22,23,24,26)/t14-/m1/s1. The lowest BCUT2D eigenvalue weighted by Gasteiger charge is -2.37. The van der Waals surface area contributed by atoms with E-state index in [4.69, 9.17) is 0 Å². The van der Waals surface area contributed by atoms with Gasteiger partial charge in [0.1, 0.15) is 11.6 Å². The average molecular weight is 349 g/mol. The third-order valence-corrected chi connectivity index (χ3v) is 5.27. The van der Waals surface area contributed by atoms with Crippen LogP contribution in [0.15, 0.2) is 40.3 Å². The zero-order valence-electron chi connectivity index (χ0n) is 14.6. The van der Waals surface area contributed by atoms with Gasteiger partial charge in [0.05, 0.1) is 22.5 Å². The summed E-state index contributed by atoms with van der Waals surface area (Å²) in [5.41, 5.74) is 3.40. The summed E-state index contributed by atoms with van der Waals surface area (Å²) in [4.78, 5) is 33.5. The molecule has 0 amide bonds.